The molecule has 0 aliphatic rings. The predicted octanol–water partition coefficient (Wildman–Crippen LogP) is -0.578. The van der Waals surface area contributed by atoms with Crippen LogP contribution in [0.1, 0.15) is 5.82 Å². The number of rotatable bonds is 2. The van der Waals surface area contributed by atoms with Crippen molar-refractivity contribution in [2.24, 2.45) is 17.9 Å². The van der Waals surface area contributed by atoms with E-state index in [1.165, 1.54) is 6.21 Å². The highest BCUT2D eigenvalue weighted by Crippen LogP contribution is 1.87. The minimum Gasteiger partial charge on any atom is -0.350 e. The Kier molecular flexibility index (Phi) is 2.42. The van der Waals surface area contributed by atoms with Crippen LogP contribution in [-0.2, 0) is 7.05 Å². The second-order valence-electron chi connectivity index (χ2n) is 2.13. The van der Waals surface area contributed by atoms with Crippen molar-refractivity contribution in [3.05, 3.63) is 18.2 Å². The maximum absolute atomic E-state index is 10.2. The highest BCUT2D eigenvalue weighted by atomic mass is 16.2. The van der Waals surface area contributed by atoms with Crippen LogP contribution in [0.15, 0.2) is 17.5 Å². The highest BCUT2D eigenvalue weighted by Gasteiger charge is 1.92. The molecule has 0 unspecified atom stereocenters. The maximum Gasteiger partial charge on any atom is 0.332 e. The van der Waals surface area contributed by atoms with Crippen molar-refractivity contribution in [1.82, 2.24) is 15.0 Å². The van der Waals surface area contributed by atoms with Crippen LogP contribution in [0.25, 0.3) is 0 Å². The first kappa shape index (κ1) is 8.25. The average Bonchev–Trinajstić information content (AvgIpc) is 2.36. The third kappa shape index (κ3) is 2.08. The molecule has 64 valence electrons. The third-order valence-corrected chi connectivity index (χ3v) is 1.21. The molecule has 0 atom stereocenters. The van der Waals surface area contributed by atoms with Crippen LogP contribution in [0.5, 0.6) is 0 Å². The van der Waals surface area contributed by atoms with Gasteiger partial charge in [-0.05, 0) is 0 Å². The van der Waals surface area contributed by atoms with Crippen LogP contribution in [0.4, 0.5) is 4.79 Å². The van der Waals surface area contributed by atoms with Gasteiger partial charge >= 0.3 is 6.03 Å². The number of primary amides is 1. The summed E-state index contributed by atoms with van der Waals surface area (Å²) >= 11 is 0. The fourth-order valence-corrected chi connectivity index (χ4v) is 0.655. The predicted molar refractivity (Wildman–Crippen MR) is 43.5 cm³/mol. The lowest BCUT2D eigenvalue weighted by atomic mass is 10.7. The Morgan fingerprint density at radius 3 is 3.17 bits per heavy atom. The van der Waals surface area contributed by atoms with Crippen molar-refractivity contribution in [1.29, 1.82) is 0 Å². The van der Waals surface area contributed by atoms with Crippen LogP contribution in [0.3, 0.4) is 0 Å². The summed E-state index contributed by atoms with van der Waals surface area (Å²) in [4.78, 5) is 14.1. The highest BCUT2D eigenvalue weighted by molar-refractivity contribution is 5.77. The van der Waals surface area contributed by atoms with E-state index in [4.69, 9.17) is 5.73 Å². The SMILES string of the molecule is Cn1ccnc1C=NNC(N)=O. The molecule has 0 bridgehead atoms. The Hall–Kier alpha value is -1.85. The maximum atomic E-state index is 10.2. The monoisotopic (exact) mass is 167 g/mol. The molecule has 1 aromatic rings. The molecule has 0 aliphatic heterocycles. The lowest BCUT2D eigenvalue weighted by Crippen LogP contribution is -2.24. The van der Waals surface area contributed by atoms with E-state index in [-0.39, 0.29) is 0 Å². The van der Waals surface area contributed by atoms with Gasteiger partial charge in [0.2, 0.25) is 0 Å². The smallest absolute Gasteiger partial charge is 0.332 e. The van der Waals surface area contributed by atoms with Crippen molar-refractivity contribution in [2.45, 2.75) is 0 Å². The number of nitrogens with two attached hydrogens (primary N) is 1. The zero-order valence-corrected chi connectivity index (χ0v) is 6.56. The van der Waals surface area contributed by atoms with E-state index in [1.54, 1.807) is 17.0 Å². The quantitative estimate of drug-likeness (QED) is 0.456. The van der Waals surface area contributed by atoms with Gasteiger partial charge in [-0.3, -0.25) is 0 Å². The van der Waals surface area contributed by atoms with Crippen molar-refractivity contribution >= 4 is 12.2 Å². The molecule has 12 heavy (non-hydrogen) atoms. The van der Waals surface area contributed by atoms with Gasteiger partial charge in [0.25, 0.3) is 0 Å². The largest absolute Gasteiger partial charge is 0.350 e. The number of aryl methyl sites for hydroxylation is 1. The molecule has 0 saturated carbocycles. The number of hydrogen-bond acceptors (Lipinski definition) is 3. The molecule has 3 N–H and O–H groups in total. The Morgan fingerprint density at radius 1 is 1.92 bits per heavy atom. The summed E-state index contributed by atoms with van der Waals surface area (Å²) in [6.45, 7) is 0. The zero-order chi connectivity index (χ0) is 8.97. The normalized spacial score (nSPS) is 10.4. The first-order valence-corrected chi connectivity index (χ1v) is 3.26. The Labute approximate surface area is 69.1 Å². The summed E-state index contributed by atoms with van der Waals surface area (Å²) in [6, 6.07) is -0.694. The fourth-order valence-electron chi connectivity index (χ4n) is 0.655. The second-order valence-corrected chi connectivity index (χ2v) is 2.13. The Balaban J connectivity index is 2.57. The van der Waals surface area contributed by atoms with Gasteiger partial charge in [0.15, 0.2) is 5.82 Å². The van der Waals surface area contributed by atoms with E-state index in [0.717, 1.165) is 0 Å². The van der Waals surface area contributed by atoms with E-state index < -0.39 is 6.03 Å². The summed E-state index contributed by atoms with van der Waals surface area (Å²) < 4.78 is 1.76. The van der Waals surface area contributed by atoms with E-state index >= 15 is 0 Å². The summed E-state index contributed by atoms with van der Waals surface area (Å²) in [5.41, 5.74) is 6.84. The van der Waals surface area contributed by atoms with Crippen molar-refractivity contribution in [3.63, 3.8) is 0 Å². The first-order chi connectivity index (χ1) is 5.70. The van der Waals surface area contributed by atoms with Crippen LogP contribution >= 0.6 is 0 Å². The minimum absolute atomic E-state index is 0.642. The van der Waals surface area contributed by atoms with Gasteiger partial charge in [0.1, 0.15) is 0 Å². The first-order valence-electron chi connectivity index (χ1n) is 3.26. The summed E-state index contributed by atoms with van der Waals surface area (Å²) in [5, 5.41) is 3.54. The minimum atomic E-state index is -0.694. The number of nitrogens with zero attached hydrogens (tertiary/aromatic N) is 3. The standard InChI is InChI=1S/C6H9N5O/c1-11-3-2-8-5(11)4-9-10-6(7)12/h2-4H,1H3,(H3,7,10,12). The number of hydrazone groups is 1. The third-order valence-electron chi connectivity index (χ3n) is 1.21. The number of imidazole rings is 1. The molecule has 0 aromatic carbocycles. The number of carbonyl (C=O) groups excluding carboxylic acids is 1. The molecule has 1 rings (SSSR count). The van der Waals surface area contributed by atoms with Gasteiger partial charge < -0.3 is 10.3 Å². The molecule has 1 aromatic heterocycles. The molecule has 1 heterocycles. The number of hydrogen-bond donors (Lipinski definition) is 2. The summed E-state index contributed by atoms with van der Waals surface area (Å²) in [6.07, 6.45) is 4.81. The number of amides is 2. The number of nitrogens with one attached hydrogen (secondary N) is 1. The van der Waals surface area contributed by atoms with Crippen LogP contribution in [0.2, 0.25) is 0 Å². The number of aromatic nitrogens is 2. The second kappa shape index (κ2) is 3.51. The summed E-state index contributed by atoms with van der Waals surface area (Å²) in [7, 11) is 1.82. The molecule has 6 nitrogen and oxygen atoms in total. The van der Waals surface area contributed by atoms with Crippen molar-refractivity contribution in [3.8, 4) is 0 Å². The van der Waals surface area contributed by atoms with Gasteiger partial charge in [0, 0.05) is 19.4 Å². The average molecular weight is 167 g/mol. The van der Waals surface area contributed by atoms with Gasteiger partial charge in [-0.1, -0.05) is 0 Å². The molecular formula is C6H9N5O. The number of urea groups is 1. The van der Waals surface area contributed by atoms with Crippen molar-refractivity contribution in [2.75, 3.05) is 0 Å². The Bertz CT molecular complexity index is 303. The van der Waals surface area contributed by atoms with Gasteiger partial charge in [0.05, 0.1) is 6.21 Å². The molecule has 0 fully saturated rings. The molecule has 0 spiro atoms. The topological polar surface area (TPSA) is 85.3 Å². The number of carbonyl (C=O) groups is 1. The van der Waals surface area contributed by atoms with E-state index in [1.807, 2.05) is 7.05 Å². The van der Waals surface area contributed by atoms with E-state index in [9.17, 15) is 4.79 Å². The van der Waals surface area contributed by atoms with E-state index in [2.05, 4.69) is 15.5 Å². The molecule has 2 amide bonds. The molecule has 6 heteroatoms. The lowest BCUT2D eigenvalue weighted by Gasteiger charge is -1.92. The van der Waals surface area contributed by atoms with Gasteiger partial charge in [-0.15, -0.1) is 0 Å². The fraction of sp³-hybridized carbons (Fsp3) is 0.167. The Morgan fingerprint density at radius 2 is 2.67 bits per heavy atom. The van der Waals surface area contributed by atoms with Crippen LogP contribution in [0, 0.1) is 0 Å². The molecule has 0 saturated heterocycles. The van der Waals surface area contributed by atoms with Crippen LogP contribution in [-0.4, -0.2) is 21.8 Å². The van der Waals surface area contributed by atoms with Crippen molar-refractivity contribution < 1.29 is 4.79 Å². The molecule has 0 aliphatic carbocycles. The summed E-state index contributed by atoms with van der Waals surface area (Å²) in [5.74, 6) is 0.642. The lowest BCUT2D eigenvalue weighted by molar-refractivity contribution is 0.249. The van der Waals surface area contributed by atoms with Gasteiger partial charge in [-0.2, -0.15) is 5.10 Å². The zero-order valence-electron chi connectivity index (χ0n) is 6.56. The van der Waals surface area contributed by atoms with Gasteiger partial charge in [-0.25, -0.2) is 15.2 Å². The van der Waals surface area contributed by atoms with E-state index in [0.29, 0.717) is 5.82 Å². The molecular weight excluding hydrogens is 158 g/mol. The van der Waals surface area contributed by atoms with Crippen LogP contribution < -0.4 is 11.2 Å². The molecule has 0 radical (unpaired) electrons.